The third-order valence-corrected chi connectivity index (χ3v) is 4.89. The van der Waals surface area contributed by atoms with Gasteiger partial charge in [0, 0.05) is 18.8 Å². The van der Waals surface area contributed by atoms with Crippen LogP contribution in [-0.4, -0.2) is 35.5 Å². The molecule has 1 heterocycles. The van der Waals surface area contributed by atoms with Crippen molar-refractivity contribution in [3.8, 4) is 0 Å². The number of anilines is 1. The van der Waals surface area contributed by atoms with Gasteiger partial charge in [-0.1, -0.05) is 12.1 Å². The molecule has 0 atom stereocenters. The molecule has 20 heavy (non-hydrogen) atoms. The van der Waals surface area contributed by atoms with Gasteiger partial charge in [0.15, 0.2) is 0 Å². The summed E-state index contributed by atoms with van der Waals surface area (Å²) >= 11 is 0. The van der Waals surface area contributed by atoms with Crippen molar-refractivity contribution in [3.05, 3.63) is 29.8 Å². The van der Waals surface area contributed by atoms with Crippen molar-refractivity contribution in [2.75, 3.05) is 18.0 Å². The van der Waals surface area contributed by atoms with Crippen LogP contribution in [0.5, 0.6) is 0 Å². The Hall–Kier alpha value is -1.06. The molecule has 1 aromatic carbocycles. The quantitative estimate of drug-likeness (QED) is 0.872. The number of hydrogen-bond donors (Lipinski definition) is 2. The SMILES string of the molecule is OC1CCC(c2ccc(N3CCC(O)CC3)cc2)CC1. The molecule has 2 N–H and O–H groups in total. The minimum atomic E-state index is -0.112. The number of benzene rings is 1. The smallest absolute Gasteiger partial charge is 0.0574 e. The van der Waals surface area contributed by atoms with Gasteiger partial charge in [0.05, 0.1) is 12.2 Å². The Kier molecular flexibility index (Phi) is 4.27. The lowest BCUT2D eigenvalue weighted by Gasteiger charge is -2.32. The van der Waals surface area contributed by atoms with Gasteiger partial charge >= 0.3 is 0 Å². The first kappa shape index (κ1) is 13.9. The minimum Gasteiger partial charge on any atom is -0.393 e. The normalized spacial score (nSPS) is 28.6. The topological polar surface area (TPSA) is 43.7 Å². The molecule has 1 saturated heterocycles. The molecule has 0 radical (unpaired) electrons. The molecule has 1 aliphatic carbocycles. The summed E-state index contributed by atoms with van der Waals surface area (Å²) in [5.74, 6) is 0.621. The van der Waals surface area contributed by atoms with Gasteiger partial charge in [-0.15, -0.1) is 0 Å². The highest BCUT2D eigenvalue weighted by atomic mass is 16.3. The summed E-state index contributed by atoms with van der Waals surface area (Å²) in [4.78, 5) is 2.36. The van der Waals surface area contributed by atoms with Gasteiger partial charge in [0.25, 0.3) is 0 Å². The van der Waals surface area contributed by atoms with E-state index in [1.807, 2.05) is 0 Å². The average molecular weight is 275 g/mol. The maximum absolute atomic E-state index is 9.58. The van der Waals surface area contributed by atoms with E-state index in [0.717, 1.165) is 51.6 Å². The summed E-state index contributed by atoms with van der Waals surface area (Å²) in [6, 6.07) is 8.95. The number of nitrogens with zero attached hydrogens (tertiary/aromatic N) is 1. The third-order valence-electron chi connectivity index (χ3n) is 4.89. The lowest BCUT2D eigenvalue weighted by Crippen LogP contribution is -2.35. The van der Waals surface area contributed by atoms with E-state index >= 15 is 0 Å². The van der Waals surface area contributed by atoms with Crippen LogP contribution < -0.4 is 4.90 Å². The van der Waals surface area contributed by atoms with Crippen LogP contribution in [0.25, 0.3) is 0 Å². The van der Waals surface area contributed by atoms with Crippen LogP contribution in [0.1, 0.15) is 50.0 Å². The lowest BCUT2D eigenvalue weighted by atomic mass is 9.83. The zero-order valence-corrected chi connectivity index (χ0v) is 12.0. The van der Waals surface area contributed by atoms with Crippen molar-refractivity contribution in [2.45, 2.75) is 56.7 Å². The molecule has 1 aliphatic heterocycles. The highest BCUT2D eigenvalue weighted by molar-refractivity contribution is 5.48. The van der Waals surface area contributed by atoms with E-state index < -0.39 is 0 Å². The third kappa shape index (κ3) is 3.15. The largest absolute Gasteiger partial charge is 0.393 e. The Morgan fingerprint density at radius 2 is 1.30 bits per heavy atom. The fraction of sp³-hybridized carbons (Fsp3) is 0.647. The second-order valence-electron chi connectivity index (χ2n) is 6.32. The van der Waals surface area contributed by atoms with Crippen molar-refractivity contribution in [3.63, 3.8) is 0 Å². The lowest BCUT2D eigenvalue weighted by molar-refractivity contribution is 0.122. The molecule has 2 aliphatic rings. The highest BCUT2D eigenvalue weighted by Crippen LogP contribution is 2.33. The predicted octanol–water partition coefficient (Wildman–Crippen LogP) is 2.67. The van der Waals surface area contributed by atoms with E-state index in [9.17, 15) is 10.2 Å². The molecule has 0 unspecified atom stereocenters. The number of aliphatic hydroxyl groups excluding tert-OH is 2. The van der Waals surface area contributed by atoms with Crippen LogP contribution in [0.15, 0.2) is 24.3 Å². The Labute approximate surface area is 121 Å². The first-order valence-electron chi connectivity index (χ1n) is 7.93. The zero-order valence-electron chi connectivity index (χ0n) is 12.0. The monoisotopic (exact) mass is 275 g/mol. The van der Waals surface area contributed by atoms with E-state index in [1.54, 1.807) is 0 Å². The first-order valence-corrected chi connectivity index (χ1v) is 7.93. The molecule has 3 heteroatoms. The van der Waals surface area contributed by atoms with E-state index in [1.165, 1.54) is 11.3 Å². The molecule has 3 nitrogen and oxygen atoms in total. The summed E-state index contributed by atoms with van der Waals surface area (Å²) in [5, 5.41) is 19.1. The van der Waals surface area contributed by atoms with Gasteiger partial charge in [0.2, 0.25) is 0 Å². The predicted molar refractivity (Wildman–Crippen MR) is 81.1 cm³/mol. The maximum Gasteiger partial charge on any atom is 0.0574 e. The van der Waals surface area contributed by atoms with Gasteiger partial charge < -0.3 is 15.1 Å². The standard InChI is InChI=1S/C17H25NO2/c19-16-7-3-14(4-8-16)13-1-5-15(6-2-13)18-11-9-17(20)10-12-18/h1-2,5-6,14,16-17,19-20H,3-4,7-12H2. The Bertz CT molecular complexity index is 374. The second-order valence-corrected chi connectivity index (χ2v) is 6.32. The number of rotatable bonds is 2. The van der Waals surface area contributed by atoms with Gasteiger partial charge in [-0.05, 0) is 62.1 Å². The van der Waals surface area contributed by atoms with Gasteiger partial charge in [0.1, 0.15) is 0 Å². The van der Waals surface area contributed by atoms with Gasteiger partial charge in [-0.3, -0.25) is 0 Å². The van der Waals surface area contributed by atoms with Crippen molar-refractivity contribution >= 4 is 5.69 Å². The van der Waals surface area contributed by atoms with Crippen molar-refractivity contribution in [1.82, 2.24) is 0 Å². The number of piperidine rings is 1. The molecule has 3 rings (SSSR count). The zero-order chi connectivity index (χ0) is 13.9. The average Bonchev–Trinajstić information content (AvgIpc) is 2.49. The fourth-order valence-electron chi connectivity index (χ4n) is 3.49. The Morgan fingerprint density at radius 3 is 1.90 bits per heavy atom. The summed E-state index contributed by atoms with van der Waals surface area (Å²) in [5.41, 5.74) is 2.69. The van der Waals surface area contributed by atoms with Crippen molar-refractivity contribution in [2.24, 2.45) is 0 Å². The molecule has 1 aromatic rings. The summed E-state index contributed by atoms with van der Waals surface area (Å²) in [6.07, 6.45) is 5.66. The van der Waals surface area contributed by atoms with Crippen LogP contribution >= 0.6 is 0 Å². The van der Waals surface area contributed by atoms with E-state index in [-0.39, 0.29) is 12.2 Å². The van der Waals surface area contributed by atoms with Crippen LogP contribution in [-0.2, 0) is 0 Å². The summed E-state index contributed by atoms with van der Waals surface area (Å²) in [7, 11) is 0. The molecule has 2 fully saturated rings. The van der Waals surface area contributed by atoms with Crippen LogP contribution in [0.2, 0.25) is 0 Å². The minimum absolute atomic E-state index is 0.0784. The second kappa shape index (κ2) is 6.15. The molecule has 0 spiro atoms. The summed E-state index contributed by atoms with van der Waals surface area (Å²) in [6.45, 7) is 1.91. The first-order chi connectivity index (χ1) is 9.72. The Morgan fingerprint density at radius 1 is 0.750 bits per heavy atom. The molecule has 110 valence electrons. The molecular formula is C17H25NO2. The van der Waals surface area contributed by atoms with Crippen molar-refractivity contribution in [1.29, 1.82) is 0 Å². The van der Waals surface area contributed by atoms with Crippen molar-refractivity contribution < 1.29 is 10.2 Å². The number of hydrogen-bond acceptors (Lipinski definition) is 3. The van der Waals surface area contributed by atoms with Gasteiger partial charge in [-0.2, -0.15) is 0 Å². The van der Waals surface area contributed by atoms with E-state index in [0.29, 0.717) is 5.92 Å². The van der Waals surface area contributed by atoms with Gasteiger partial charge in [-0.25, -0.2) is 0 Å². The van der Waals surface area contributed by atoms with Crippen LogP contribution in [0.4, 0.5) is 5.69 Å². The summed E-state index contributed by atoms with van der Waals surface area (Å²) < 4.78 is 0. The molecule has 0 aromatic heterocycles. The Balaban J connectivity index is 1.62. The number of aliphatic hydroxyl groups is 2. The van der Waals surface area contributed by atoms with Crippen LogP contribution in [0.3, 0.4) is 0 Å². The highest BCUT2D eigenvalue weighted by Gasteiger charge is 2.21. The molecular weight excluding hydrogens is 250 g/mol. The maximum atomic E-state index is 9.58. The fourth-order valence-corrected chi connectivity index (χ4v) is 3.49. The van der Waals surface area contributed by atoms with E-state index in [4.69, 9.17) is 0 Å². The molecule has 1 saturated carbocycles. The van der Waals surface area contributed by atoms with E-state index in [2.05, 4.69) is 29.2 Å². The molecule has 0 bridgehead atoms. The van der Waals surface area contributed by atoms with Crippen LogP contribution in [0, 0.1) is 0 Å². The molecule has 0 amide bonds.